The van der Waals surface area contributed by atoms with E-state index in [2.05, 4.69) is 46.8 Å². The lowest BCUT2D eigenvalue weighted by Crippen LogP contribution is -2.36. The molecule has 2 aromatic carbocycles. The van der Waals surface area contributed by atoms with E-state index in [1.165, 1.54) is 5.56 Å². The molecule has 6 heteroatoms. The molecule has 0 aliphatic carbocycles. The molecule has 0 bridgehead atoms. The highest BCUT2D eigenvalue weighted by molar-refractivity contribution is 14.0. The number of halogens is 1. The van der Waals surface area contributed by atoms with Gasteiger partial charge in [0.05, 0.1) is 13.2 Å². The fourth-order valence-electron chi connectivity index (χ4n) is 2.54. The summed E-state index contributed by atoms with van der Waals surface area (Å²) in [7, 11) is 3.46. The van der Waals surface area contributed by atoms with Crippen molar-refractivity contribution in [3.05, 3.63) is 59.2 Å². The Kier molecular flexibility index (Phi) is 9.99. The van der Waals surface area contributed by atoms with Gasteiger partial charge < -0.3 is 20.1 Å². The Morgan fingerprint density at radius 1 is 1.04 bits per heavy atom. The van der Waals surface area contributed by atoms with Crippen LogP contribution in [0.5, 0.6) is 11.5 Å². The fourth-order valence-corrected chi connectivity index (χ4v) is 2.54. The van der Waals surface area contributed by atoms with Crippen molar-refractivity contribution < 1.29 is 9.47 Å². The van der Waals surface area contributed by atoms with Crippen LogP contribution in [0.4, 0.5) is 0 Å². The number of methoxy groups -OCH3 is 1. The zero-order chi connectivity index (χ0) is 18.9. The van der Waals surface area contributed by atoms with Crippen LogP contribution in [0.25, 0.3) is 0 Å². The topological polar surface area (TPSA) is 54.9 Å². The summed E-state index contributed by atoms with van der Waals surface area (Å²) < 4.78 is 11.1. The molecule has 0 unspecified atom stereocenters. The van der Waals surface area contributed by atoms with Gasteiger partial charge in [-0.2, -0.15) is 0 Å². The van der Waals surface area contributed by atoms with Crippen LogP contribution in [0.2, 0.25) is 0 Å². The molecule has 2 aromatic rings. The second kappa shape index (κ2) is 11.7. The average molecular weight is 483 g/mol. The van der Waals surface area contributed by atoms with Crippen LogP contribution in [-0.4, -0.2) is 26.2 Å². The molecule has 0 atom stereocenters. The highest BCUT2D eigenvalue weighted by atomic mass is 127. The lowest BCUT2D eigenvalue weighted by molar-refractivity contribution is 0.242. The van der Waals surface area contributed by atoms with Gasteiger partial charge in [0.2, 0.25) is 0 Å². The summed E-state index contributed by atoms with van der Waals surface area (Å²) in [5.74, 6) is 2.52. The monoisotopic (exact) mass is 483 g/mol. The van der Waals surface area contributed by atoms with Crippen molar-refractivity contribution in [2.24, 2.45) is 4.99 Å². The molecule has 0 aliphatic heterocycles. The fraction of sp³-hybridized carbons (Fsp3) is 0.381. The van der Waals surface area contributed by atoms with Gasteiger partial charge in [-0.1, -0.05) is 24.3 Å². The number of ether oxygens (including phenoxy) is 2. The summed E-state index contributed by atoms with van der Waals surface area (Å²) in [5.41, 5.74) is 3.44. The first kappa shape index (κ1) is 23.1. The van der Waals surface area contributed by atoms with Crippen LogP contribution < -0.4 is 20.1 Å². The standard InChI is InChI=1S/C21H29N3O2.HI/c1-15(2)26-19-10-7-17(8-11-19)13-23-21(22-4)24-14-18-9-6-16(3)12-20(18)25-5;/h6-12,15H,13-14H2,1-5H3,(H2,22,23,24);1H. The van der Waals surface area contributed by atoms with Crippen molar-refractivity contribution in [2.45, 2.75) is 40.0 Å². The summed E-state index contributed by atoms with van der Waals surface area (Å²) in [4.78, 5) is 4.28. The minimum atomic E-state index is 0. The van der Waals surface area contributed by atoms with Gasteiger partial charge in [0.25, 0.3) is 0 Å². The first-order chi connectivity index (χ1) is 12.5. The third-order valence-electron chi connectivity index (χ3n) is 3.87. The SMILES string of the molecule is CN=C(NCc1ccc(OC(C)C)cc1)NCc1ccc(C)cc1OC.I. The molecule has 2 N–H and O–H groups in total. The highest BCUT2D eigenvalue weighted by Gasteiger charge is 2.05. The van der Waals surface area contributed by atoms with Gasteiger partial charge in [0.15, 0.2) is 5.96 Å². The van der Waals surface area contributed by atoms with Crippen LogP contribution in [0.3, 0.4) is 0 Å². The van der Waals surface area contributed by atoms with Gasteiger partial charge in [-0.25, -0.2) is 0 Å². The minimum absolute atomic E-state index is 0. The number of hydrogen-bond acceptors (Lipinski definition) is 3. The van der Waals surface area contributed by atoms with E-state index in [9.17, 15) is 0 Å². The van der Waals surface area contributed by atoms with E-state index in [0.29, 0.717) is 13.1 Å². The second-order valence-electron chi connectivity index (χ2n) is 6.41. The molecule has 0 fully saturated rings. The number of aliphatic imine (C=N–C) groups is 1. The molecule has 0 aromatic heterocycles. The zero-order valence-corrected chi connectivity index (χ0v) is 19.0. The number of hydrogen-bond donors (Lipinski definition) is 2. The smallest absolute Gasteiger partial charge is 0.191 e. The number of benzene rings is 2. The molecule has 148 valence electrons. The van der Waals surface area contributed by atoms with Gasteiger partial charge >= 0.3 is 0 Å². The quantitative estimate of drug-likeness (QED) is 0.351. The van der Waals surface area contributed by atoms with E-state index in [1.54, 1.807) is 14.2 Å². The maximum absolute atomic E-state index is 5.67. The third kappa shape index (κ3) is 7.66. The van der Waals surface area contributed by atoms with E-state index < -0.39 is 0 Å². The highest BCUT2D eigenvalue weighted by Crippen LogP contribution is 2.19. The second-order valence-corrected chi connectivity index (χ2v) is 6.41. The molecule has 0 radical (unpaired) electrons. The Morgan fingerprint density at radius 3 is 2.30 bits per heavy atom. The molecule has 0 saturated carbocycles. The number of guanidine groups is 1. The Hall–Kier alpha value is -1.96. The van der Waals surface area contributed by atoms with Crippen molar-refractivity contribution in [2.75, 3.05) is 14.2 Å². The molecule has 0 heterocycles. The predicted octanol–water partition coefficient (Wildman–Crippen LogP) is 4.27. The zero-order valence-electron chi connectivity index (χ0n) is 16.7. The van der Waals surface area contributed by atoms with Crippen LogP contribution in [0.1, 0.15) is 30.5 Å². The van der Waals surface area contributed by atoms with Gasteiger partial charge in [-0.15, -0.1) is 24.0 Å². The average Bonchev–Trinajstić information content (AvgIpc) is 2.63. The number of nitrogens with zero attached hydrogens (tertiary/aromatic N) is 1. The molecule has 27 heavy (non-hydrogen) atoms. The summed E-state index contributed by atoms with van der Waals surface area (Å²) in [6.07, 6.45) is 0.181. The summed E-state index contributed by atoms with van der Waals surface area (Å²) in [6.45, 7) is 7.43. The first-order valence-corrected chi connectivity index (χ1v) is 8.85. The van der Waals surface area contributed by atoms with Gasteiger partial charge in [-0.3, -0.25) is 4.99 Å². The largest absolute Gasteiger partial charge is 0.496 e. The summed E-state index contributed by atoms with van der Waals surface area (Å²) in [5, 5.41) is 6.64. The van der Waals surface area contributed by atoms with Gasteiger partial charge in [-0.05, 0) is 50.1 Å². The van der Waals surface area contributed by atoms with Crippen LogP contribution in [0.15, 0.2) is 47.5 Å². The summed E-state index contributed by atoms with van der Waals surface area (Å²) in [6, 6.07) is 14.3. The number of rotatable bonds is 7. The van der Waals surface area contributed by atoms with E-state index >= 15 is 0 Å². The molecule has 0 spiro atoms. The van der Waals surface area contributed by atoms with Crippen LogP contribution in [0, 0.1) is 6.92 Å². The van der Waals surface area contributed by atoms with Crippen molar-refractivity contribution >= 4 is 29.9 Å². The maximum atomic E-state index is 5.67. The van der Waals surface area contributed by atoms with E-state index in [-0.39, 0.29) is 30.1 Å². The Bertz CT molecular complexity index is 731. The first-order valence-electron chi connectivity index (χ1n) is 8.85. The predicted molar refractivity (Wildman–Crippen MR) is 122 cm³/mol. The summed E-state index contributed by atoms with van der Waals surface area (Å²) >= 11 is 0. The lowest BCUT2D eigenvalue weighted by Gasteiger charge is -2.15. The molecular weight excluding hydrogens is 453 g/mol. The number of aryl methyl sites for hydroxylation is 1. The van der Waals surface area contributed by atoms with E-state index in [4.69, 9.17) is 9.47 Å². The third-order valence-corrected chi connectivity index (χ3v) is 3.87. The molecule has 2 rings (SSSR count). The number of nitrogens with one attached hydrogen (secondary N) is 2. The van der Waals surface area contributed by atoms with Crippen LogP contribution >= 0.6 is 24.0 Å². The Labute approximate surface area is 179 Å². The van der Waals surface area contributed by atoms with Crippen molar-refractivity contribution in [3.8, 4) is 11.5 Å². The van der Waals surface area contributed by atoms with Crippen LogP contribution in [-0.2, 0) is 13.1 Å². The maximum Gasteiger partial charge on any atom is 0.191 e. The molecular formula is C21H30IN3O2. The lowest BCUT2D eigenvalue weighted by atomic mass is 10.1. The Morgan fingerprint density at radius 2 is 1.70 bits per heavy atom. The molecule has 0 aliphatic rings. The molecule has 0 saturated heterocycles. The minimum Gasteiger partial charge on any atom is -0.496 e. The van der Waals surface area contributed by atoms with E-state index in [0.717, 1.165) is 28.6 Å². The van der Waals surface area contributed by atoms with Crippen molar-refractivity contribution in [3.63, 3.8) is 0 Å². The molecule has 0 amide bonds. The normalized spacial score (nSPS) is 11.0. The van der Waals surface area contributed by atoms with Crippen molar-refractivity contribution in [1.82, 2.24) is 10.6 Å². The Balaban J connectivity index is 0.00000364. The van der Waals surface area contributed by atoms with Crippen molar-refractivity contribution in [1.29, 1.82) is 0 Å². The van der Waals surface area contributed by atoms with Gasteiger partial charge in [0.1, 0.15) is 11.5 Å². The molecule has 5 nitrogen and oxygen atoms in total. The van der Waals surface area contributed by atoms with Gasteiger partial charge in [0, 0.05) is 25.7 Å². The van der Waals surface area contributed by atoms with E-state index in [1.807, 2.05) is 32.0 Å².